The van der Waals surface area contributed by atoms with Crippen molar-refractivity contribution >= 4 is 23.6 Å². The second-order valence-electron chi connectivity index (χ2n) is 6.15. The van der Waals surface area contributed by atoms with E-state index in [9.17, 15) is 9.59 Å². The van der Waals surface area contributed by atoms with Gasteiger partial charge in [0.05, 0.1) is 12.5 Å². The van der Waals surface area contributed by atoms with Crippen LogP contribution in [0.25, 0.3) is 6.08 Å². The molecule has 0 aromatic heterocycles. The van der Waals surface area contributed by atoms with Crippen LogP contribution in [0.4, 0.5) is 5.69 Å². The predicted molar refractivity (Wildman–Crippen MR) is 99.8 cm³/mol. The van der Waals surface area contributed by atoms with Gasteiger partial charge in [0, 0.05) is 18.8 Å². The Bertz CT molecular complexity index is 826. The van der Waals surface area contributed by atoms with Crippen molar-refractivity contribution < 1.29 is 9.59 Å². The first-order valence-corrected chi connectivity index (χ1v) is 8.54. The summed E-state index contributed by atoms with van der Waals surface area (Å²) in [6.07, 6.45) is 4.75. The summed E-state index contributed by atoms with van der Waals surface area (Å²) in [5.41, 5.74) is 3.98. The van der Waals surface area contributed by atoms with Gasteiger partial charge >= 0.3 is 0 Å². The molecule has 1 aliphatic heterocycles. The highest BCUT2D eigenvalue weighted by Gasteiger charge is 2.28. The van der Waals surface area contributed by atoms with Crippen molar-refractivity contribution in [3.63, 3.8) is 0 Å². The number of fused-ring (bicyclic) bond motifs is 1. The van der Waals surface area contributed by atoms with Gasteiger partial charge in [0.2, 0.25) is 11.8 Å². The maximum absolute atomic E-state index is 12.7. The zero-order chi connectivity index (χ0) is 17.8. The number of carbonyl (C=O) groups excluding carboxylic acids is 2. The van der Waals surface area contributed by atoms with E-state index in [-0.39, 0.29) is 24.3 Å². The third-order valence-corrected chi connectivity index (χ3v) is 4.52. The summed E-state index contributed by atoms with van der Waals surface area (Å²) in [5.74, 6) is -0.167. The molecule has 0 fully saturated rings. The molecule has 0 spiro atoms. The lowest BCUT2D eigenvalue weighted by Crippen LogP contribution is -2.33. The zero-order valence-electron chi connectivity index (χ0n) is 14.5. The fourth-order valence-corrected chi connectivity index (χ4v) is 3.24. The number of benzene rings is 2. The van der Waals surface area contributed by atoms with Gasteiger partial charge in [0.15, 0.2) is 0 Å². The van der Waals surface area contributed by atoms with Crippen LogP contribution >= 0.6 is 0 Å². The number of para-hydroxylation sites is 1. The van der Waals surface area contributed by atoms with Gasteiger partial charge in [-0.1, -0.05) is 49.4 Å². The average Bonchev–Trinajstić information content (AvgIpc) is 2.62. The fraction of sp³-hybridized carbons (Fsp3) is 0.238. The SMILES string of the molecule is CCc1ccccc1NC(=O)C[C@H]1c2ccccc2C=CN1C(C)=O. The number of anilines is 1. The third-order valence-electron chi connectivity index (χ3n) is 4.52. The zero-order valence-corrected chi connectivity index (χ0v) is 14.5. The number of aryl methyl sites for hydroxylation is 1. The third kappa shape index (κ3) is 3.63. The standard InChI is InChI=1S/C21H22N2O2/c1-3-16-8-5-7-11-19(16)22-21(25)14-20-18-10-6-4-9-17(18)12-13-23(20)15(2)24/h4-13,20H,3,14H2,1-2H3,(H,22,25)/t20-/m0/s1. The van der Waals surface area contributed by atoms with Crippen molar-refractivity contribution in [3.8, 4) is 0 Å². The minimum absolute atomic E-state index is 0.0717. The molecule has 2 amide bonds. The molecule has 1 atom stereocenters. The molecule has 2 aromatic carbocycles. The van der Waals surface area contributed by atoms with Gasteiger partial charge in [0.1, 0.15) is 0 Å². The Kier molecular flexibility index (Phi) is 4.98. The molecule has 3 rings (SSSR count). The average molecular weight is 334 g/mol. The van der Waals surface area contributed by atoms with Gasteiger partial charge in [-0.3, -0.25) is 9.59 Å². The van der Waals surface area contributed by atoms with Crippen molar-refractivity contribution in [1.82, 2.24) is 4.90 Å². The maximum Gasteiger partial charge on any atom is 0.226 e. The van der Waals surface area contributed by atoms with Crippen LogP contribution in [0, 0.1) is 0 Å². The van der Waals surface area contributed by atoms with E-state index in [2.05, 4.69) is 12.2 Å². The highest BCUT2D eigenvalue weighted by molar-refractivity contribution is 5.92. The maximum atomic E-state index is 12.7. The first-order valence-electron chi connectivity index (χ1n) is 8.54. The molecule has 0 aliphatic carbocycles. The summed E-state index contributed by atoms with van der Waals surface area (Å²) >= 11 is 0. The molecule has 25 heavy (non-hydrogen) atoms. The lowest BCUT2D eigenvalue weighted by molar-refractivity contribution is -0.129. The lowest BCUT2D eigenvalue weighted by Gasteiger charge is -2.32. The molecule has 0 bridgehead atoms. The van der Waals surface area contributed by atoms with Crippen LogP contribution in [-0.4, -0.2) is 16.7 Å². The van der Waals surface area contributed by atoms with Gasteiger partial charge in [0.25, 0.3) is 0 Å². The molecule has 1 heterocycles. The molecule has 0 saturated heterocycles. The molecular formula is C21H22N2O2. The Hall–Kier alpha value is -2.88. The van der Waals surface area contributed by atoms with E-state index < -0.39 is 0 Å². The van der Waals surface area contributed by atoms with E-state index >= 15 is 0 Å². The van der Waals surface area contributed by atoms with E-state index in [1.165, 1.54) is 6.92 Å². The van der Waals surface area contributed by atoms with Gasteiger partial charge in [-0.2, -0.15) is 0 Å². The normalized spacial score (nSPS) is 15.6. The Morgan fingerprint density at radius 3 is 2.56 bits per heavy atom. The Balaban J connectivity index is 1.83. The molecule has 0 radical (unpaired) electrons. The summed E-state index contributed by atoms with van der Waals surface area (Å²) in [5, 5.41) is 3.00. The largest absolute Gasteiger partial charge is 0.326 e. The lowest BCUT2D eigenvalue weighted by atomic mass is 9.93. The summed E-state index contributed by atoms with van der Waals surface area (Å²) < 4.78 is 0. The predicted octanol–water partition coefficient (Wildman–Crippen LogP) is 4.15. The minimum Gasteiger partial charge on any atom is -0.326 e. The summed E-state index contributed by atoms with van der Waals surface area (Å²) in [7, 11) is 0. The number of hydrogen-bond donors (Lipinski definition) is 1. The van der Waals surface area contributed by atoms with Gasteiger partial charge in [-0.05, 0) is 35.3 Å². The summed E-state index contributed by atoms with van der Waals surface area (Å²) in [4.78, 5) is 26.3. The van der Waals surface area contributed by atoms with Crippen LogP contribution in [0.1, 0.15) is 43.0 Å². The first-order chi connectivity index (χ1) is 12.1. The highest BCUT2D eigenvalue weighted by atomic mass is 16.2. The van der Waals surface area contributed by atoms with Gasteiger partial charge < -0.3 is 10.2 Å². The number of amides is 2. The van der Waals surface area contributed by atoms with Crippen LogP contribution in [-0.2, 0) is 16.0 Å². The van der Waals surface area contributed by atoms with Crippen molar-refractivity contribution in [2.45, 2.75) is 32.7 Å². The Morgan fingerprint density at radius 1 is 1.08 bits per heavy atom. The molecule has 0 unspecified atom stereocenters. The van der Waals surface area contributed by atoms with Crippen molar-refractivity contribution in [1.29, 1.82) is 0 Å². The van der Waals surface area contributed by atoms with Crippen LogP contribution in [0.5, 0.6) is 0 Å². The molecule has 2 aromatic rings. The van der Waals surface area contributed by atoms with E-state index in [4.69, 9.17) is 0 Å². The topological polar surface area (TPSA) is 49.4 Å². The van der Waals surface area contributed by atoms with Crippen LogP contribution < -0.4 is 5.32 Å². The van der Waals surface area contributed by atoms with Crippen molar-refractivity contribution in [2.75, 3.05) is 5.32 Å². The second kappa shape index (κ2) is 7.34. The van der Waals surface area contributed by atoms with Crippen molar-refractivity contribution in [2.24, 2.45) is 0 Å². The molecule has 128 valence electrons. The number of nitrogens with zero attached hydrogens (tertiary/aromatic N) is 1. The second-order valence-corrected chi connectivity index (χ2v) is 6.15. The van der Waals surface area contributed by atoms with E-state index in [0.717, 1.165) is 28.8 Å². The number of carbonyl (C=O) groups is 2. The number of nitrogens with one attached hydrogen (secondary N) is 1. The molecular weight excluding hydrogens is 312 g/mol. The molecule has 0 saturated carbocycles. The molecule has 4 nitrogen and oxygen atoms in total. The van der Waals surface area contributed by atoms with E-state index in [1.807, 2.05) is 54.6 Å². The summed E-state index contributed by atoms with van der Waals surface area (Å²) in [6, 6.07) is 15.4. The molecule has 1 N–H and O–H groups in total. The highest BCUT2D eigenvalue weighted by Crippen LogP contribution is 2.33. The summed E-state index contributed by atoms with van der Waals surface area (Å²) in [6.45, 7) is 3.58. The minimum atomic E-state index is -0.285. The molecule has 4 heteroatoms. The number of hydrogen-bond acceptors (Lipinski definition) is 2. The Labute approximate surface area is 148 Å². The molecule has 1 aliphatic rings. The number of rotatable bonds is 4. The smallest absolute Gasteiger partial charge is 0.226 e. The van der Waals surface area contributed by atoms with Gasteiger partial charge in [-0.25, -0.2) is 0 Å². The van der Waals surface area contributed by atoms with Crippen LogP contribution in [0.15, 0.2) is 54.7 Å². The first kappa shape index (κ1) is 17.0. The van der Waals surface area contributed by atoms with Crippen LogP contribution in [0.2, 0.25) is 0 Å². The van der Waals surface area contributed by atoms with Gasteiger partial charge in [-0.15, -0.1) is 0 Å². The van der Waals surface area contributed by atoms with Crippen LogP contribution in [0.3, 0.4) is 0 Å². The monoisotopic (exact) mass is 334 g/mol. The van der Waals surface area contributed by atoms with Crippen molar-refractivity contribution in [3.05, 3.63) is 71.4 Å². The quantitative estimate of drug-likeness (QED) is 0.913. The van der Waals surface area contributed by atoms with E-state index in [0.29, 0.717) is 0 Å². The van der Waals surface area contributed by atoms with E-state index in [1.54, 1.807) is 11.1 Å². The fourth-order valence-electron chi connectivity index (χ4n) is 3.24. The Morgan fingerprint density at radius 2 is 1.80 bits per heavy atom.